The molecule has 2 N–H and O–H groups in total. The largest absolute Gasteiger partial charge is 0.388 e. The number of hydrogen-bond donors (Lipinski definition) is 2. The fourth-order valence-electron chi connectivity index (χ4n) is 1.54. The first-order chi connectivity index (χ1) is 3.81. The Morgan fingerprint density at radius 2 is 2.33 bits per heavy atom. The number of halogens is 1. The zero-order valence-electron chi connectivity index (χ0n) is 5.26. The van der Waals surface area contributed by atoms with E-state index in [1.54, 1.807) is 0 Å². The fourth-order valence-corrected chi connectivity index (χ4v) is 1.54. The van der Waals surface area contributed by atoms with Crippen molar-refractivity contribution in [1.29, 1.82) is 0 Å². The summed E-state index contributed by atoms with van der Waals surface area (Å²) in [6.45, 7) is 1.94. The van der Waals surface area contributed by atoms with Gasteiger partial charge in [-0.25, -0.2) is 0 Å². The molecule has 0 aromatic heterocycles. The summed E-state index contributed by atoms with van der Waals surface area (Å²) in [6.07, 6.45) is 2.22. The number of nitrogens with one attached hydrogen (secondary N) is 1. The van der Waals surface area contributed by atoms with Crippen LogP contribution in [0.5, 0.6) is 0 Å². The number of fused-ring (bicyclic) bond motifs is 1. The van der Waals surface area contributed by atoms with E-state index in [0.717, 1.165) is 19.5 Å². The molecule has 2 atom stereocenters. The molecule has 0 spiro atoms. The lowest BCUT2D eigenvalue weighted by molar-refractivity contribution is 0.114. The highest BCUT2D eigenvalue weighted by atomic mass is 35.5. The number of aliphatic hydroxyl groups is 1. The van der Waals surface area contributed by atoms with Crippen molar-refractivity contribution in [3.8, 4) is 0 Å². The van der Waals surface area contributed by atoms with Crippen LogP contribution in [0.15, 0.2) is 0 Å². The molecule has 1 heterocycles. The molecule has 3 heteroatoms. The van der Waals surface area contributed by atoms with Gasteiger partial charge in [-0.1, -0.05) is 0 Å². The van der Waals surface area contributed by atoms with E-state index in [-0.39, 0.29) is 18.0 Å². The van der Waals surface area contributed by atoms with Crippen molar-refractivity contribution >= 4 is 12.4 Å². The van der Waals surface area contributed by atoms with Crippen molar-refractivity contribution in [2.45, 2.75) is 18.4 Å². The van der Waals surface area contributed by atoms with Crippen LogP contribution in [0.1, 0.15) is 12.8 Å². The summed E-state index contributed by atoms with van der Waals surface area (Å²) in [7, 11) is 0. The van der Waals surface area contributed by atoms with Crippen LogP contribution < -0.4 is 5.32 Å². The normalized spacial score (nSPS) is 47.0. The van der Waals surface area contributed by atoms with Gasteiger partial charge in [0, 0.05) is 6.54 Å². The minimum Gasteiger partial charge on any atom is -0.388 e. The Hall–Kier alpha value is 0.210. The van der Waals surface area contributed by atoms with Crippen LogP contribution >= 0.6 is 12.4 Å². The predicted octanol–water partition coefficient (Wildman–Crippen LogP) is 0.152. The molecule has 0 aromatic rings. The second-order valence-electron chi connectivity index (χ2n) is 2.97. The third-order valence-corrected chi connectivity index (χ3v) is 2.30. The molecule has 2 aliphatic rings. The lowest BCUT2D eigenvalue weighted by Gasteiger charge is -2.16. The minimum absolute atomic E-state index is 0. The number of β-amino-alcohol motifs (C(OH)–C–C–N with tert-alkyl or cyclic N) is 1. The maximum Gasteiger partial charge on any atom is 0.0804 e. The van der Waals surface area contributed by atoms with Crippen molar-refractivity contribution in [3.63, 3.8) is 0 Å². The lowest BCUT2D eigenvalue weighted by atomic mass is 10.1. The second kappa shape index (κ2) is 2.11. The number of rotatable bonds is 0. The molecule has 0 aromatic carbocycles. The van der Waals surface area contributed by atoms with Gasteiger partial charge >= 0.3 is 0 Å². The van der Waals surface area contributed by atoms with E-state index in [0.29, 0.717) is 5.92 Å². The van der Waals surface area contributed by atoms with Gasteiger partial charge in [0.05, 0.1) is 5.60 Å². The summed E-state index contributed by atoms with van der Waals surface area (Å²) in [5.41, 5.74) is -0.266. The minimum atomic E-state index is -0.266. The maximum absolute atomic E-state index is 9.39. The Morgan fingerprint density at radius 1 is 1.56 bits per heavy atom. The first-order valence-corrected chi connectivity index (χ1v) is 3.24. The lowest BCUT2D eigenvalue weighted by Crippen LogP contribution is -2.35. The molecule has 2 fully saturated rings. The Kier molecular flexibility index (Phi) is 1.72. The van der Waals surface area contributed by atoms with Crippen LogP contribution in [0.25, 0.3) is 0 Å². The van der Waals surface area contributed by atoms with E-state index in [4.69, 9.17) is 0 Å². The fraction of sp³-hybridized carbons (Fsp3) is 1.00. The van der Waals surface area contributed by atoms with Gasteiger partial charge in [0.1, 0.15) is 0 Å². The van der Waals surface area contributed by atoms with E-state index in [1.165, 1.54) is 6.42 Å². The summed E-state index contributed by atoms with van der Waals surface area (Å²) in [5, 5.41) is 12.6. The summed E-state index contributed by atoms with van der Waals surface area (Å²) >= 11 is 0. The summed E-state index contributed by atoms with van der Waals surface area (Å²) in [4.78, 5) is 0. The molecule has 9 heavy (non-hydrogen) atoms. The number of piperidine rings is 1. The smallest absolute Gasteiger partial charge is 0.0804 e. The molecular formula is C6H12ClNO. The topological polar surface area (TPSA) is 32.3 Å². The van der Waals surface area contributed by atoms with Crippen molar-refractivity contribution < 1.29 is 5.11 Å². The predicted molar refractivity (Wildman–Crippen MR) is 37.8 cm³/mol. The average Bonchev–Trinajstić information content (AvgIpc) is 2.39. The van der Waals surface area contributed by atoms with Gasteiger partial charge in [0.25, 0.3) is 0 Å². The van der Waals surface area contributed by atoms with E-state index in [2.05, 4.69) is 5.32 Å². The van der Waals surface area contributed by atoms with Crippen LogP contribution in [0.2, 0.25) is 0 Å². The van der Waals surface area contributed by atoms with Gasteiger partial charge in [-0.05, 0) is 25.3 Å². The summed E-state index contributed by atoms with van der Waals surface area (Å²) in [5.74, 6) is 0.642. The molecule has 1 aliphatic carbocycles. The van der Waals surface area contributed by atoms with Gasteiger partial charge < -0.3 is 10.4 Å². The molecule has 0 radical (unpaired) electrons. The van der Waals surface area contributed by atoms with Crippen LogP contribution in [0, 0.1) is 5.92 Å². The van der Waals surface area contributed by atoms with Crippen LogP contribution in [0.3, 0.4) is 0 Å². The van der Waals surface area contributed by atoms with E-state index in [1.807, 2.05) is 0 Å². The van der Waals surface area contributed by atoms with Gasteiger partial charge in [0.2, 0.25) is 0 Å². The van der Waals surface area contributed by atoms with Crippen molar-refractivity contribution in [1.82, 2.24) is 5.32 Å². The Balaban J connectivity index is 0.000000405. The standard InChI is InChI=1S/C6H11NO.ClH/c8-6-3-5(6)1-2-7-4-6;/h5,7-8H,1-4H2;1H. The zero-order chi connectivity index (χ0) is 5.61. The zero-order valence-corrected chi connectivity index (χ0v) is 6.08. The molecule has 0 bridgehead atoms. The highest BCUT2D eigenvalue weighted by molar-refractivity contribution is 5.85. The molecule has 1 aliphatic heterocycles. The summed E-state index contributed by atoms with van der Waals surface area (Å²) in [6, 6.07) is 0. The van der Waals surface area contributed by atoms with Gasteiger partial charge in [-0.3, -0.25) is 0 Å². The van der Waals surface area contributed by atoms with Crippen LogP contribution in [0.4, 0.5) is 0 Å². The van der Waals surface area contributed by atoms with Crippen molar-refractivity contribution in [2.24, 2.45) is 5.92 Å². The van der Waals surface area contributed by atoms with Gasteiger partial charge in [0.15, 0.2) is 0 Å². The highest BCUT2D eigenvalue weighted by Gasteiger charge is 2.53. The third kappa shape index (κ3) is 1.07. The monoisotopic (exact) mass is 149 g/mol. The van der Waals surface area contributed by atoms with Gasteiger partial charge in [-0.2, -0.15) is 0 Å². The van der Waals surface area contributed by atoms with Crippen LogP contribution in [-0.2, 0) is 0 Å². The van der Waals surface area contributed by atoms with Crippen molar-refractivity contribution in [2.75, 3.05) is 13.1 Å². The molecule has 1 saturated heterocycles. The first kappa shape index (κ1) is 7.32. The second-order valence-corrected chi connectivity index (χ2v) is 2.97. The third-order valence-electron chi connectivity index (χ3n) is 2.30. The SMILES string of the molecule is Cl.OC12CNCCC1C2. The van der Waals surface area contributed by atoms with Gasteiger partial charge in [-0.15, -0.1) is 12.4 Å². The molecule has 2 unspecified atom stereocenters. The first-order valence-electron chi connectivity index (χ1n) is 3.24. The molecule has 1 saturated carbocycles. The van der Waals surface area contributed by atoms with E-state index in [9.17, 15) is 5.11 Å². The van der Waals surface area contributed by atoms with E-state index < -0.39 is 0 Å². The van der Waals surface area contributed by atoms with Crippen molar-refractivity contribution in [3.05, 3.63) is 0 Å². The quantitative estimate of drug-likeness (QED) is 0.514. The highest BCUT2D eigenvalue weighted by Crippen LogP contribution is 2.46. The average molecular weight is 150 g/mol. The Morgan fingerprint density at radius 3 is 2.78 bits per heavy atom. The van der Waals surface area contributed by atoms with E-state index >= 15 is 0 Å². The molecule has 2 rings (SSSR count). The maximum atomic E-state index is 9.39. The van der Waals surface area contributed by atoms with Crippen LogP contribution in [-0.4, -0.2) is 23.8 Å². The summed E-state index contributed by atoms with van der Waals surface area (Å²) < 4.78 is 0. The molecule has 2 nitrogen and oxygen atoms in total. The Bertz CT molecular complexity index is 118. The molecule has 54 valence electrons. The molecular weight excluding hydrogens is 138 g/mol. The molecule has 0 amide bonds. The number of hydrogen-bond acceptors (Lipinski definition) is 2. The Labute approximate surface area is 61.0 Å².